The molecule has 17 heavy (non-hydrogen) atoms. The first-order valence-corrected chi connectivity index (χ1v) is 5.58. The van der Waals surface area contributed by atoms with Crippen molar-refractivity contribution in [3.63, 3.8) is 0 Å². The molecule has 1 unspecified atom stereocenters. The normalized spacial score (nSPS) is 20.7. The Bertz CT molecular complexity index is 349. The molecule has 1 aliphatic heterocycles. The van der Waals surface area contributed by atoms with E-state index < -0.39 is 0 Å². The predicted molar refractivity (Wildman–Crippen MR) is 57.3 cm³/mol. The fourth-order valence-corrected chi connectivity index (χ4v) is 1.77. The van der Waals surface area contributed by atoms with Crippen molar-refractivity contribution in [2.24, 2.45) is 0 Å². The Balaban J connectivity index is 2.16. The fourth-order valence-electron chi connectivity index (χ4n) is 1.77. The van der Waals surface area contributed by atoms with Crippen molar-refractivity contribution in [3.8, 4) is 0 Å². The van der Waals surface area contributed by atoms with Crippen LogP contribution in [-0.2, 0) is 27.4 Å². The average molecular weight is 243 g/mol. The summed E-state index contributed by atoms with van der Waals surface area (Å²) < 4.78 is 17.8. The van der Waals surface area contributed by atoms with Gasteiger partial charge in [-0.25, -0.2) is 0 Å². The fraction of sp³-hybridized carbons (Fsp3) is 0.800. The molecule has 1 aliphatic rings. The molecule has 7 heteroatoms. The van der Waals surface area contributed by atoms with E-state index >= 15 is 0 Å². The van der Waals surface area contributed by atoms with Gasteiger partial charge in [0.05, 0.1) is 26.4 Å². The van der Waals surface area contributed by atoms with Gasteiger partial charge < -0.3 is 23.9 Å². The van der Waals surface area contributed by atoms with Crippen LogP contribution in [0.1, 0.15) is 17.8 Å². The molecule has 0 saturated carbocycles. The molecular weight excluding hydrogens is 226 g/mol. The molecule has 1 saturated heterocycles. The number of ether oxygens (including phenoxy) is 3. The van der Waals surface area contributed by atoms with Crippen molar-refractivity contribution < 1.29 is 19.3 Å². The summed E-state index contributed by atoms with van der Waals surface area (Å²) in [4.78, 5) is 0. The van der Waals surface area contributed by atoms with E-state index in [9.17, 15) is 5.11 Å². The number of rotatable bonds is 5. The smallest absolute Gasteiger partial charge is 0.164 e. The summed E-state index contributed by atoms with van der Waals surface area (Å²) in [5, 5.41) is 17.2. The first-order valence-electron chi connectivity index (χ1n) is 5.58. The molecule has 0 bridgehead atoms. The number of aromatic nitrogens is 3. The summed E-state index contributed by atoms with van der Waals surface area (Å²) in [6.07, 6.45) is -0.214. The van der Waals surface area contributed by atoms with Crippen LogP contribution < -0.4 is 0 Å². The standard InChI is InChI=1S/C10H17N3O4/c1-15-3-2-13-9(6-14)11-12-10(13)8-7-16-4-5-17-8/h8,14H,2-7H2,1H3. The highest BCUT2D eigenvalue weighted by molar-refractivity contribution is 4.99. The molecule has 0 radical (unpaired) electrons. The first-order chi connectivity index (χ1) is 8.36. The van der Waals surface area contributed by atoms with E-state index in [1.165, 1.54) is 0 Å². The average Bonchev–Trinajstić information content (AvgIpc) is 2.80. The molecule has 1 aromatic rings. The lowest BCUT2D eigenvalue weighted by Crippen LogP contribution is -2.25. The van der Waals surface area contributed by atoms with Crippen LogP contribution in [0, 0.1) is 0 Å². The van der Waals surface area contributed by atoms with Gasteiger partial charge in [0.25, 0.3) is 0 Å². The Hall–Kier alpha value is -1.02. The van der Waals surface area contributed by atoms with Crippen LogP contribution in [0.2, 0.25) is 0 Å². The molecule has 1 N–H and O–H groups in total. The van der Waals surface area contributed by atoms with Crippen molar-refractivity contribution in [1.29, 1.82) is 0 Å². The summed E-state index contributed by atoms with van der Waals surface area (Å²) in [5.41, 5.74) is 0. The number of hydrogen-bond donors (Lipinski definition) is 1. The van der Waals surface area contributed by atoms with Gasteiger partial charge in [0.15, 0.2) is 11.6 Å². The second kappa shape index (κ2) is 6.06. The van der Waals surface area contributed by atoms with E-state index in [-0.39, 0.29) is 12.7 Å². The number of nitrogens with zero attached hydrogens (tertiary/aromatic N) is 3. The third-order valence-corrected chi connectivity index (χ3v) is 2.62. The molecule has 2 heterocycles. The van der Waals surface area contributed by atoms with E-state index in [2.05, 4.69) is 10.2 Å². The summed E-state index contributed by atoms with van der Waals surface area (Å²) >= 11 is 0. The molecule has 1 fully saturated rings. The Morgan fingerprint density at radius 1 is 1.47 bits per heavy atom. The highest BCUT2D eigenvalue weighted by Gasteiger charge is 2.24. The minimum Gasteiger partial charge on any atom is -0.388 e. The zero-order chi connectivity index (χ0) is 12.1. The van der Waals surface area contributed by atoms with Crippen LogP contribution in [0.15, 0.2) is 0 Å². The van der Waals surface area contributed by atoms with Crippen LogP contribution in [0.25, 0.3) is 0 Å². The first kappa shape index (κ1) is 12.4. The summed E-state index contributed by atoms with van der Waals surface area (Å²) in [6, 6.07) is 0. The van der Waals surface area contributed by atoms with E-state index in [1.807, 2.05) is 4.57 Å². The van der Waals surface area contributed by atoms with Crippen molar-refractivity contribution >= 4 is 0 Å². The third kappa shape index (κ3) is 2.81. The van der Waals surface area contributed by atoms with Gasteiger partial charge >= 0.3 is 0 Å². The molecule has 0 aromatic carbocycles. The van der Waals surface area contributed by atoms with Crippen LogP contribution in [-0.4, -0.2) is 53.4 Å². The molecule has 1 atom stereocenters. The van der Waals surface area contributed by atoms with Crippen LogP contribution in [0.4, 0.5) is 0 Å². The Morgan fingerprint density at radius 3 is 3.00 bits per heavy atom. The quantitative estimate of drug-likeness (QED) is 0.751. The van der Waals surface area contributed by atoms with Gasteiger partial charge in [0, 0.05) is 13.7 Å². The van der Waals surface area contributed by atoms with Gasteiger partial charge in [-0.3, -0.25) is 0 Å². The molecule has 2 rings (SSSR count). The lowest BCUT2D eigenvalue weighted by atomic mass is 10.3. The highest BCUT2D eigenvalue weighted by atomic mass is 16.6. The van der Waals surface area contributed by atoms with Crippen LogP contribution >= 0.6 is 0 Å². The topological polar surface area (TPSA) is 78.6 Å². The van der Waals surface area contributed by atoms with Gasteiger partial charge in [-0.1, -0.05) is 0 Å². The van der Waals surface area contributed by atoms with Crippen molar-refractivity contribution in [2.45, 2.75) is 19.3 Å². The van der Waals surface area contributed by atoms with Crippen LogP contribution in [0.3, 0.4) is 0 Å². The maximum absolute atomic E-state index is 9.19. The lowest BCUT2D eigenvalue weighted by Gasteiger charge is -2.22. The monoisotopic (exact) mass is 243 g/mol. The molecule has 0 spiro atoms. The summed E-state index contributed by atoms with van der Waals surface area (Å²) in [5.74, 6) is 1.21. The van der Waals surface area contributed by atoms with Crippen molar-refractivity contribution in [3.05, 3.63) is 11.6 Å². The molecule has 1 aromatic heterocycles. The maximum atomic E-state index is 9.19. The Labute approximate surface area is 99.3 Å². The number of hydrogen-bond acceptors (Lipinski definition) is 6. The SMILES string of the molecule is COCCn1c(CO)nnc1C1COCCO1. The molecule has 96 valence electrons. The predicted octanol–water partition coefficient (Wildman–Crippen LogP) is -0.495. The molecular formula is C10H17N3O4. The zero-order valence-corrected chi connectivity index (χ0v) is 9.83. The molecule has 0 aliphatic carbocycles. The van der Waals surface area contributed by atoms with Gasteiger partial charge in [-0.2, -0.15) is 0 Å². The van der Waals surface area contributed by atoms with Crippen molar-refractivity contribution in [2.75, 3.05) is 33.5 Å². The lowest BCUT2D eigenvalue weighted by molar-refractivity contribution is -0.0950. The molecule has 7 nitrogen and oxygen atoms in total. The van der Waals surface area contributed by atoms with Crippen molar-refractivity contribution in [1.82, 2.24) is 14.8 Å². The van der Waals surface area contributed by atoms with E-state index in [0.717, 1.165) is 0 Å². The van der Waals surface area contributed by atoms with Gasteiger partial charge in [-0.15, -0.1) is 10.2 Å². The van der Waals surface area contributed by atoms with Gasteiger partial charge in [-0.05, 0) is 0 Å². The molecule has 0 amide bonds. The second-order valence-corrected chi connectivity index (χ2v) is 3.71. The number of aliphatic hydroxyl groups is 1. The third-order valence-electron chi connectivity index (χ3n) is 2.62. The maximum Gasteiger partial charge on any atom is 0.164 e. The largest absolute Gasteiger partial charge is 0.388 e. The van der Waals surface area contributed by atoms with Gasteiger partial charge in [0.2, 0.25) is 0 Å². The summed E-state index contributed by atoms with van der Waals surface area (Å²) in [6.45, 7) is 2.60. The zero-order valence-electron chi connectivity index (χ0n) is 9.83. The Kier molecular flexibility index (Phi) is 4.43. The second-order valence-electron chi connectivity index (χ2n) is 3.71. The van der Waals surface area contributed by atoms with E-state index in [0.29, 0.717) is 44.6 Å². The van der Waals surface area contributed by atoms with E-state index in [1.54, 1.807) is 7.11 Å². The number of aliphatic hydroxyl groups excluding tert-OH is 1. The van der Waals surface area contributed by atoms with Crippen LogP contribution in [0.5, 0.6) is 0 Å². The Morgan fingerprint density at radius 2 is 2.35 bits per heavy atom. The highest BCUT2D eigenvalue weighted by Crippen LogP contribution is 2.19. The number of methoxy groups -OCH3 is 1. The minimum atomic E-state index is -0.214. The minimum absolute atomic E-state index is 0.149. The van der Waals surface area contributed by atoms with E-state index in [4.69, 9.17) is 14.2 Å². The summed E-state index contributed by atoms with van der Waals surface area (Å²) in [7, 11) is 1.63. The van der Waals surface area contributed by atoms with Gasteiger partial charge in [0.1, 0.15) is 12.7 Å².